The number of fused-ring (bicyclic) bond motifs is 1. The third kappa shape index (κ3) is 4.21. The zero-order valence-electron chi connectivity index (χ0n) is 15.4. The van der Waals surface area contributed by atoms with E-state index in [-0.39, 0.29) is 17.3 Å². The molecule has 0 aliphatic heterocycles. The second kappa shape index (κ2) is 7.78. The summed E-state index contributed by atoms with van der Waals surface area (Å²) >= 11 is 1.39. The molecule has 0 atom stereocenters. The van der Waals surface area contributed by atoms with Crippen LogP contribution >= 0.6 is 11.3 Å². The molecular weight excluding hydrogens is 410 g/mol. The van der Waals surface area contributed by atoms with Crippen LogP contribution in [0.2, 0.25) is 0 Å². The highest BCUT2D eigenvalue weighted by Crippen LogP contribution is 2.28. The SMILES string of the molecule is Cc1cccc2sc(NC(=O)c3ccc(S(=O)(=O)NCc4ccco4)cc3)nc12. The topological polar surface area (TPSA) is 101 Å². The van der Waals surface area contributed by atoms with Gasteiger partial charge in [-0.05, 0) is 55.0 Å². The Balaban J connectivity index is 1.46. The van der Waals surface area contributed by atoms with Crippen LogP contribution in [0.3, 0.4) is 0 Å². The zero-order valence-corrected chi connectivity index (χ0v) is 17.0. The van der Waals surface area contributed by atoms with Crippen LogP contribution in [-0.4, -0.2) is 19.3 Å². The van der Waals surface area contributed by atoms with Crippen LogP contribution in [0.25, 0.3) is 10.2 Å². The van der Waals surface area contributed by atoms with Gasteiger partial charge in [0.2, 0.25) is 10.0 Å². The Morgan fingerprint density at radius 3 is 2.59 bits per heavy atom. The molecule has 29 heavy (non-hydrogen) atoms. The first-order valence-corrected chi connectivity index (χ1v) is 11.0. The van der Waals surface area contributed by atoms with Crippen molar-refractivity contribution in [3.8, 4) is 0 Å². The third-order valence-corrected chi connectivity index (χ3v) is 6.64. The van der Waals surface area contributed by atoms with E-state index in [2.05, 4.69) is 15.0 Å². The van der Waals surface area contributed by atoms with E-state index in [1.54, 1.807) is 12.1 Å². The van der Waals surface area contributed by atoms with Gasteiger partial charge in [-0.25, -0.2) is 18.1 Å². The van der Waals surface area contributed by atoms with E-state index in [1.165, 1.54) is 41.9 Å². The molecule has 0 fully saturated rings. The molecule has 0 spiro atoms. The minimum Gasteiger partial charge on any atom is -0.468 e. The van der Waals surface area contributed by atoms with Crippen LogP contribution in [0.1, 0.15) is 21.7 Å². The minimum absolute atomic E-state index is 0.0502. The molecule has 148 valence electrons. The molecule has 0 radical (unpaired) electrons. The summed E-state index contributed by atoms with van der Waals surface area (Å²) < 4.78 is 33.3. The van der Waals surface area contributed by atoms with Crippen molar-refractivity contribution in [1.29, 1.82) is 0 Å². The Bertz CT molecular complexity index is 1260. The van der Waals surface area contributed by atoms with Gasteiger partial charge in [0.1, 0.15) is 5.76 Å². The number of benzene rings is 2. The van der Waals surface area contributed by atoms with Crippen molar-refractivity contribution in [3.63, 3.8) is 0 Å². The monoisotopic (exact) mass is 427 g/mol. The zero-order chi connectivity index (χ0) is 20.4. The van der Waals surface area contributed by atoms with Gasteiger partial charge in [0, 0.05) is 5.56 Å². The third-order valence-electron chi connectivity index (χ3n) is 4.28. The number of amides is 1. The van der Waals surface area contributed by atoms with Crippen molar-refractivity contribution in [1.82, 2.24) is 9.71 Å². The number of nitrogens with zero attached hydrogens (tertiary/aromatic N) is 1. The highest BCUT2D eigenvalue weighted by atomic mass is 32.2. The Hall–Kier alpha value is -3.01. The van der Waals surface area contributed by atoms with E-state index >= 15 is 0 Å². The molecular formula is C20H17N3O4S2. The maximum atomic E-state index is 12.5. The molecule has 0 saturated heterocycles. The standard InChI is InChI=1S/C20H17N3O4S2/c1-13-4-2-6-17-18(13)22-20(28-17)23-19(24)14-7-9-16(10-8-14)29(25,26)21-12-15-5-3-11-27-15/h2-11,21H,12H2,1H3,(H,22,23,24). The maximum Gasteiger partial charge on any atom is 0.257 e. The van der Waals surface area contributed by atoms with Crippen molar-refractivity contribution in [2.24, 2.45) is 0 Å². The van der Waals surface area contributed by atoms with Crippen molar-refractivity contribution in [3.05, 3.63) is 77.7 Å². The number of nitrogens with one attached hydrogen (secondary N) is 2. The van der Waals surface area contributed by atoms with Gasteiger partial charge < -0.3 is 4.42 Å². The first-order valence-electron chi connectivity index (χ1n) is 8.72. The fourth-order valence-electron chi connectivity index (χ4n) is 2.76. The number of aromatic nitrogens is 1. The van der Waals surface area contributed by atoms with Crippen LogP contribution in [0.5, 0.6) is 0 Å². The first-order chi connectivity index (χ1) is 13.9. The summed E-state index contributed by atoms with van der Waals surface area (Å²) in [5.41, 5.74) is 2.23. The van der Waals surface area contributed by atoms with E-state index in [9.17, 15) is 13.2 Å². The molecule has 0 saturated carbocycles. The number of sulfonamides is 1. The van der Waals surface area contributed by atoms with Crippen molar-refractivity contribution < 1.29 is 17.6 Å². The van der Waals surface area contributed by atoms with Crippen LogP contribution in [0.4, 0.5) is 5.13 Å². The smallest absolute Gasteiger partial charge is 0.257 e. The molecule has 7 nitrogen and oxygen atoms in total. The molecule has 9 heteroatoms. The molecule has 1 amide bonds. The van der Waals surface area contributed by atoms with Gasteiger partial charge in [-0.2, -0.15) is 0 Å². The average molecular weight is 428 g/mol. The van der Waals surface area contributed by atoms with E-state index < -0.39 is 10.0 Å². The highest BCUT2D eigenvalue weighted by Gasteiger charge is 2.16. The van der Waals surface area contributed by atoms with Gasteiger partial charge in [-0.15, -0.1) is 0 Å². The van der Waals surface area contributed by atoms with Crippen LogP contribution in [0.15, 0.2) is 70.2 Å². The van der Waals surface area contributed by atoms with Crippen molar-refractivity contribution in [2.75, 3.05) is 5.32 Å². The summed E-state index contributed by atoms with van der Waals surface area (Å²) in [6, 6.07) is 14.9. The number of hydrogen-bond donors (Lipinski definition) is 2. The van der Waals surface area contributed by atoms with Crippen molar-refractivity contribution in [2.45, 2.75) is 18.4 Å². The number of anilines is 1. The Labute approximate surface area is 171 Å². The minimum atomic E-state index is -3.71. The number of hydrogen-bond acceptors (Lipinski definition) is 6. The number of thiazole rings is 1. The number of rotatable bonds is 6. The predicted molar refractivity (Wildman–Crippen MR) is 111 cm³/mol. The Morgan fingerprint density at radius 2 is 1.90 bits per heavy atom. The van der Waals surface area contributed by atoms with Gasteiger partial charge in [-0.1, -0.05) is 23.5 Å². The van der Waals surface area contributed by atoms with Crippen LogP contribution in [-0.2, 0) is 16.6 Å². The summed E-state index contributed by atoms with van der Waals surface area (Å²) in [7, 11) is -3.71. The lowest BCUT2D eigenvalue weighted by atomic mass is 10.2. The number of para-hydroxylation sites is 1. The molecule has 4 aromatic rings. The summed E-state index contributed by atoms with van der Waals surface area (Å²) in [5.74, 6) is 0.157. The van der Waals surface area contributed by atoms with Crippen LogP contribution < -0.4 is 10.0 Å². The Kier molecular flexibility index (Phi) is 5.18. The largest absolute Gasteiger partial charge is 0.468 e. The quantitative estimate of drug-likeness (QED) is 0.486. The summed E-state index contributed by atoms with van der Waals surface area (Å²) in [6.07, 6.45) is 1.48. The maximum absolute atomic E-state index is 12.5. The lowest BCUT2D eigenvalue weighted by Gasteiger charge is -2.07. The number of aryl methyl sites for hydroxylation is 1. The molecule has 2 aromatic heterocycles. The van der Waals surface area contributed by atoms with Crippen molar-refractivity contribution >= 4 is 42.6 Å². The average Bonchev–Trinajstić information content (AvgIpc) is 3.37. The van der Waals surface area contributed by atoms with E-state index in [1.807, 2.05) is 25.1 Å². The second-order valence-corrected chi connectivity index (χ2v) is 9.12. The van der Waals surface area contributed by atoms with Gasteiger partial charge >= 0.3 is 0 Å². The lowest BCUT2D eigenvalue weighted by Crippen LogP contribution is -2.23. The Morgan fingerprint density at radius 1 is 1.10 bits per heavy atom. The first kappa shape index (κ1) is 19.3. The van der Waals surface area contributed by atoms with Gasteiger partial charge in [0.15, 0.2) is 5.13 Å². The highest BCUT2D eigenvalue weighted by molar-refractivity contribution is 7.89. The normalized spacial score (nSPS) is 11.6. The van der Waals surface area contributed by atoms with Gasteiger partial charge in [-0.3, -0.25) is 10.1 Å². The molecule has 0 aliphatic rings. The molecule has 0 unspecified atom stereocenters. The lowest BCUT2D eigenvalue weighted by molar-refractivity contribution is 0.102. The number of carbonyl (C=O) groups excluding carboxylic acids is 1. The van der Waals surface area contributed by atoms with E-state index in [0.29, 0.717) is 16.5 Å². The van der Waals surface area contributed by atoms with Crippen LogP contribution in [0, 0.1) is 6.92 Å². The molecule has 0 aliphatic carbocycles. The number of furan rings is 1. The summed E-state index contributed by atoms with van der Waals surface area (Å²) in [6.45, 7) is 2.02. The molecule has 2 heterocycles. The predicted octanol–water partition coefficient (Wildman–Crippen LogP) is 3.93. The van der Waals surface area contributed by atoms with E-state index in [0.717, 1.165) is 15.8 Å². The van der Waals surface area contributed by atoms with Gasteiger partial charge in [0.25, 0.3) is 5.91 Å². The molecule has 2 aromatic carbocycles. The number of carbonyl (C=O) groups is 1. The summed E-state index contributed by atoms with van der Waals surface area (Å²) in [4.78, 5) is 17.0. The molecule has 0 bridgehead atoms. The second-order valence-electron chi connectivity index (χ2n) is 6.32. The molecule has 2 N–H and O–H groups in total. The fraction of sp³-hybridized carbons (Fsp3) is 0.100. The fourth-order valence-corrected chi connectivity index (χ4v) is 4.69. The summed E-state index contributed by atoms with van der Waals surface area (Å²) in [5, 5.41) is 3.26. The van der Waals surface area contributed by atoms with Gasteiger partial charge in [0.05, 0.1) is 27.9 Å². The van der Waals surface area contributed by atoms with E-state index in [4.69, 9.17) is 4.42 Å². The molecule has 4 rings (SSSR count).